The lowest BCUT2D eigenvalue weighted by atomic mass is 10.0. The maximum Gasteiger partial charge on any atom is 0.269 e. The summed E-state index contributed by atoms with van der Waals surface area (Å²) in [4.78, 5) is 23.1. The fraction of sp³-hybridized carbons (Fsp3) is 0.346. The third-order valence-corrected chi connectivity index (χ3v) is 10.5. The molecule has 11 heteroatoms. The number of benzene rings is 2. The maximum atomic E-state index is 13.3. The Morgan fingerprint density at radius 2 is 1.84 bits per heavy atom. The number of thiophene rings is 1. The van der Waals surface area contributed by atoms with Crippen LogP contribution in [0.15, 0.2) is 52.7 Å². The summed E-state index contributed by atoms with van der Waals surface area (Å²) in [5.41, 5.74) is 9.80. The van der Waals surface area contributed by atoms with E-state index in [4.69, 9.17) is 5.73 Å². The summed E-state index contributed by atoms with van der Waals surface area (Å²) < 4.78 is 28.4. The van der Waals surface area contributed by atoms with E-state index < -0.39 is 20.9 Å². The Morgan fingerprint density at radius 1 is 1.08 bits per heavy atom. The van der Waals surface area contributed by atoms with Gasteiger partial charge in [-0.25, -0.2) is 8.42 Å². The second-order valence-electron chi connectivity index (χ2n) is 9.52. The van der Waals surface area contributed by atoms with Crippen LogP contribution in [0.2, 0.25) is 0 Å². The van der Waals surface area contributed by atoms with Gasteiger partial charge in [0.1, 0.15) is 4.21 Å². The first-order chi connectivity index (χ1) is 17.7. The second-order valence-corrected chi connectivity index (χ2v) is 12.9. The maximum absolute atomic E-state index is 13.3. The molecular weight excluding hydrogens is 512 g/mol. The fourth-order valence-corrected chi connectivity index (χ4v) is 8.13. The summed E-state index contributed by atoms with van der Waals surface area (Å²) >= 11 is 1.11. The Balaban J connectivity index is 1.24. The zero-order chi connectivity index (χ0) is 26.2. The zero-order valence-electron chi connectivity index (χ0n) is 20.2. The molecule has 0 unspecified atom stereocenters. The molecule has 2 aromatic carbocycles. The number of hydrogen-bond acceptors (Lipinski definition) is 7. The smallest absolute Gasteiger partial charge is 0.269 e. The quantitative estimate of drug-likeness (QED) is 0.326. The highest BCUT2D eigenvalue weighted by Crippen LogP contribution is 2.31. The molecule has 0 atom stereocenters. The summed E-state index contributed by atoms with van der Waals surface area (Å²) in [5.74, 6) is -0.689. The fourth-order valence-electron chi connectivity index (χ4n) is 5.12. The number of rotatable bonds is 8. The van der Waals surface area contributed by atoms with Gasteiger partial charge in [0.25, 0.3) is 15.7 Å². The lowest BCUT2D eigenvalue weighted by Gasteiger charge is -2.32. The predicted molar refractivity (Wildman–Crippen MR) is 143 cm³/mol. The number of hydrogen-bond donors (Lipinski definition) is 2. The third kappa shape index (κ3) is 5.39. The molecule has 0 spiro atoms. The highest BCUT2D eigenvalue weighted by molar-refractivity contribution is 7.91. The predicted octanol–water partition coefficient (Wildman–Crippen LogP) is 4.10. The van der Waals surface area contributed by atoms with Gasteiger partial charge in [-0.1, -0.05) is 6.07 Å². The molecule has 1 amide bonds. The van der Waals surface area contributed by atoms with Crippen LogP contribution in [0.5, 0.6) is 0 Å². The van der Waals surface area contributed by atoms with Crippen LogP contribution in [-0.4, -0.2) is 42.7 Å². The van der Waals surface area contributed by atoms with E-state index in [1.54, 1.807) is 12.1 Å². The minimum atomic E-state index is -3.66. The Labute approximate surface area is 219 Å². The molecule has 0 radical (unpaired) electrons. The minimum absolute atomic E-state index is 0.152. The molecule has 194 valence electrons. The van der Waals surface area contributed by atoms with Crippen molar-refractivity contribution >= 4 is 38.6 Å². The number of piperidine rings is 1. The van der Waals surface area contributed by atoms with Crippen LogP contribution in [0.4, 0.5) is 11.4 Å². The summed E-state index contributed by atoms with van der Waals surface area (Å²) in [7, 11) is -3.66. The number of amides is 1. The van der Waals surface area contributed by atoms with Gasteiger partial charge in [0.05, 0.1) is 4.92 Å². The number of sulfonamides is 1. The summed E-state index contributed by atoms with van der Waals surface area (Å²) in [6.45, 7) is 0.851. The molecule has 3 aromatic rings. The number of nitro groups is 1. The van der Waals surface area contributed by atoms with Crippen LogP contribution in [0.25, 0.3) is 0 Å². The van der Waals surface area contributed by atoms with Gasteiger partial charge in [0.15, 0.2) is 0 Å². The number of carbonyl (C=O) groups is 1. The van der Waals surface area contributed by atoms with Gasteiger partial charge in [-0.3, -0.25) is 14.9 Å². The van der Waals surface area contributed by atoms with Crippen molar-refractivity contribution in [2.45, 2.75) is 48.8 Å². The molecule has 5 rings (SSSR count). The van der Waals surface area contributed by atoms with Crippen molar-refractivity contribution < 1.29 is 18.1 Å². The zero-order valence-corrected chi connectivity index (χ0v) is 21.8. The standard InChI is InChI=1S/C26H28N4O5S2/c27-26(31)24-8-6-22(30(32)33)15-19(24)16-23-7-9-25(36-23)37(34,35)29-12-10-20(11-13-29)28-21-5-4-17-2-1-3-18(17)14-21/h4-9,14-15,20,28H,1-3,10-13,16H2,(H2,27,31). The third-order valence-electron chi connectivity index (χ3n) is 7.08. The van der Waals surface area contributed by atoms with E-state index in [2.05, 4.69) is 23.5 Å². The number of nitrogens with zero attached hydrogens (tertiary/aromatic N) is 2. The highest BCUT2D eigenvalue weighted by Gasteiger charge is 2.31. The minimum Gasteiger partial charge on any atom is -0.382 e. The van der Waals surface area contributed by atoms with Crippen LogP contribution in [0, 0.1) is 10.1 Å². The van der Waals surface area contributed by atoms with E-state index >= 15 is 0 Å². The van der Waals surface area contributed by atoms with E-state index in [9.17, 15) is 23.3 Å². The molecule has 1 aliphatic heterocycles. The average molecular weight is 541 g/mol. The van der Waals surface area contributed by atoms with E-state index in [1.807, 2.05) is 0 Å². The van der Waals surface area contributed by atoms with Crippen molar-refractivity contribution in [1.29, 1.82) is 0 Å². The van der Waals surface area contributed by atoms with Crippen LogP contribution < -0.4 is 11.1 Å². The Hall–Kier alpha value is -3.28. The number of non-ortho nitro benzene ring substituents is 1. The normalized spacial score (nSPS) is 16.4. The molecule has 2 heterocycles. The second kappa shape index (κ2) is 10.2. The van der Waals surface area contributed by atoms with Crippen molar-refractivity contribution in [2.24, 2.45) is 5.73 Å². The average Bonchev–Trinajstić information content (AvgIpc) is 3.54. The molecule has 37 heavy (non-hydrogen) atoms. The van der Waals surface area contributed by atoms with Crippen molar-refractivity contribution in [3.63, 3.8) is 0 Å². The van der Waals surface area contributed by atoms with Gasteiger partial charge in [-0.2, -0.15) is 4.31 Å². The van der Waals surface area contributed by atoms with Gasteiger partial charge in [-0.15, -0.1) is 11.3 Å². The number of nitrogens with two attached hydrogens (primary N) is 1. The summed E-state index contributed by atoms with van der Waals surface area (Å²) in [6, 6.07) is 13.9. The molecule has 1 aromatic heterocycles. The van der Waals surface area contributed by atoms with Crippen molar-refractivity contribution in [3.8, 4) is 0 Å². The Morgan fingerprint density at radius 3 is 2.57 bits per heavy atom. The molecule has 0 bridgehead atoms. The number of fused-ring (bicyclic) bond motifs is 1. The van der Waals surface area contributed by atoms with Gasteiger partial charge < -0.3 is 11.1 Å². The number of aryl methyl sites for hydroxylation is 2. The van der Waals surface area contributed by atoms with Crippen molar-refractivity contribution in [1.82, 2.24) is 4.31 Å². The van der Waals surface area contributed by atoms with Gasteiger partial charge in [-0.05, 0) is 79.1 Å². The molecule has 0 saturated carbocycles. The summed E-state index contributed by atoms with van der Waals surface area (Å²) in [6.07, 6.45) is 5.07. The topological polar surface area (TPSA) is 136 Å². The highest BCUT2D eigenvalue weighted by atomic mass is 32.2. The number of anilines is 1. The Kier molecular flexibility index (Phi) is 7.02. The number of carbonyl (C=O) groups excluding carboxylic acids is 1. The van der Waals surface area contributed by atoms with Crippen molar-refractivity contribution in [2.75, 3.05) is 18.4 Å². The van der Waals surface area contributed by atoms with Gasteiger partial charge in [0, 0.05) is 53.8 Å². The van der Waals surface area contributed by atoms with E-state index in [0.29, 0.717) is 36.4 Å². The first-order valence-corrected chi connectivity index (χ1v) is 14.5. The number of primary amides is 1. The van der Waals surface area contributed by atoms with E-state index in [0.717, 1.165) is 29.9 Å². The molecule has 1 aliphatic carbocycles. The molecule has 2 aliphatic rings. The molecule has 9 nitrogen and oxygen atoms in total. The number of nitrogens with one attached hydrogen (secondary N) is 1. The van der Waals surface area contributed by atoms with Crippen LogP contribution >= 0.6 is 11.3 Å². The first-order valence-electron chi connectivity index (χ1n) is 12.2. The van der Waals surface area contributed by atoms with Crippen LogP contribution in [0.1, 0.15) is 51.2 Å². The summed E-state index contributed by atoms with van der Waals surface area (Å²) in [5, 5.41) is 14.7. The molecule has 3 N–H and O–H groups in total. The van der Waals surface area contributed by atoms with E-state index in [-0.39, 0.29) is 27.9 Å². The van der Waals surface area contributed by atoms with Gasteiger partial charge in [0.2, 0.25) is 5.91 Å². The largest absolute Gasteiger partial charge is 0.382 e. The van der Waals surface area contributed by atoms with Crippen LogP contribution in [-0.2, 0) is 29.3 Å². The lowest BCUT2D eigenvalue weighted by molar-refractivity contribution is -0.384. The molecule has 1 saturated heterocycles. The van der Waals surface area contributed by atoms with Crippen molar-refractivity contribution in [3.05, 3.63) is 85.8 Å². The Bertz CT molecular complexity index is 1460. The monoisotopic (exact) mass is 540 g/mol. The molecule has 1 fully saturated rings. The lowest BCUT2D eigenvalue weighted by Crippen LogP contribution is -2.42. The number of nitro benzene ring substituents is 1. The SMILES string of the molecule is NC(=O)c1ccc([N+](=O)[O-])cc1Cc1ccc(S(=O)(=O)N2CCC(Nc3ccc4c(c3)CCC4)CC2)s1. The van der Waals surface area contributed by atoms with E-state index in [1.165, 1.54) is 40.1 Å². The van der Waals surface area contributed by atoms with Crippen LogP contribution in [0.3, 0.4) is 0 Å². The first kappa shape index (κ1) is 25.4. The van der Waals surface area contributed by atoms with Gasteiger partial charge >= 0.3 is 0 Å². The molecular formula is C26H28N4O5S2.